The monoisotopic (exact) mass is 216 g/mol. The number of hydrogen-bond acceptors (Lipinski definition) is 3. The Labute approximate surface area is 86.3 Å². The highest BCUT2D eigenvalue weighted by Crippen LogP contribution is 2.09. The van der Waals surface area contributed by atoms with E-state index in [1.807, 2.05) is 0 Å². The van der Waals surface area contributed by atoms with Crippen LogP contribution >= 0.6 is 11.6 Å². The molecule has 1 aromatic heterocycles. The molecule has 0 aromatic carbocycles. The number of carbonyl (C=O) groups excluding carboxylic acids is 1. The topological polar surface area (TPSA) is 42.9 Å². The molecule has 0 aliphatic heterocycles. The SMILES string of the molecule is CC(C)C(=O)Cc1nc(Cl)ncc1F. The molecule has 0 fully saturated rings. The van der Waals surface area contributed by atoms with Crippen molar-refractivity contribution >= 4 is 17.4 Å². The molecule has 5 heteroatoms. The standard InChI is InChI=1S/C9H10ClFN2O/c1-5(2)8(14)3-7-6(11)4-12-9(10)13-7/h4-5H,3H2,1-2H3. The van der Waals surface area contributed by atoms with Crippen molar-refractivity contribution in [2.24, 2.45) is 5.92 Å². The van der Waals surface area contributed by atoms with Crippen molar-refractivity contribution < 1.29 is 9.18 Å². The largest absolute Gasteiger partial charge is 0.299 e. The summed E-state index contributed by atoms with van der Waals surface area (Å²) in [6.45, 7) is 3.51. The molecule has 3 nitrogen and oxygen atoms in total. The van der Waals surface area contributed by atoms with Gasteiger partial charge in [-0.15, -0.1) is 0 Å². The fourth-order valence-corrected chi connectivity index (χ4v) is 1.02. The Bertz CT molecular complexity index is 355. The van der Waals surface area contributed by atoms with Crippen LogP contribution in [-0.2, 0) is 11.2 Å². The first-order valence-corrected chi connectivity index (χ1v) is 4.58. The summed E-state index contributed by atoms with van der Waals surface area (Å²) in [5.41, 5.74) is 0.0590. The first kappa shape index (κ1) is 11.0. The van der Waals surface area contributed by atoms with Crippen molar-refractivity contribution in [3.8, 4) is 0 Å². The third-order valence-electron chi connectivity index (χ3n) is 1.77. The van der Waals surface area contributed by atoms with E-state index in [0.29, 0.717) is 0 Å². The highest BCUT2D eigenvalue weighted by atomic mass is 35.5. The molecule has 1 rings (SSSR count). The number of aromatic nitrogens is 2. The molecule has 0 atom stereocenters. The number of nitrogens with zero attached hydrogens (tertiary/aromatic N) is 2. The van der Waals surface area contributed by atoms with Crippen molar-refractivity contribution in [2.75, 3.05) is 0 Å². The summed E-state index contributed by atoms with van der Waals surface area (Å²) in [4.78, 5) is 18.4. The molecule has 1 heterocycles. The van der Waals surface area contributed by atoms with E-state index in [9.17, 15) is 9.18 Å². The average Bonchev–Trinajstić information content (AvgIpc) is 2.11. The smallest absolute Gasteiger partial charge is 0.222 e. The van der Waals surface area contributed by atoms with Gasteiger partial charge in [-0.2, -0.15) is 0 Å². The zero-order valence-electron chi connectivity index (χ0n) is 7.92. The van der Waals surface area contributed by atoms with Crippen LogP contribution in [-0.4, -0.2) is 15.8 Å². The van der Waals surface area contributed by atoms with Crippen LogP contribution in [0.1, 0.15) is 19.5 Å². The van der Waals surface area contributed by atoms with Crippen LogP contribution < -0.4 is 0 Å². The molecule has 0 amide bonds. The van der Waals surface area contributed by atoms with Gasteiger partial charge in [0.15, 0.2) is 5.82 Å². The third-order valence-corrected chi connectivity index (χ3v) is 1.96. The summed E-state index contributed by atoms with van der Waals surface area (Å²) < 4.78 is 13.1. The van der Waals surface area contributed by atoms with Gasteiger partial charge in [0.2, 0.25) is 5.28 Å². The summed E-state index contributed by atoms with van der Waals surface area (Å²) in [7, 11) is 0. The van der Waals surface area contributed by atoms with Crippen LogP contribution in [0.3, 0.4) is 0 Å². The molecule has 14 heavy (non-hydrogen) atoms. The van der Waals surface area contributed by atoms with E-state index in [1.54, 1.807) is 13.8 Å². The van der Waals surface area contributed by atoms with Gasteiger partial charge in [0.05, 0.1) is 18.3 Å². The quantitative estimate of drug-likeness (QED) is 0.727. The molecule has 0 aliphatic rings. The number of ketones is 1. The lowest BCUT2D eigenvalue weighted by Crippen LogP contribution is -2.13. The number of halogens is 2. The Balaban J connectivity index is 2.86. The van der Waals surface area contributed by atoms with Crippen LogP contribution in [0.4, 0.5) is 4.39 Å². The highest BCUT2D eigenvalue weighted by molar-refractivity contribution is 6.28. The minimum atomic E-state index is -0.594. The van der Waals surface area contributed by atoms with Gasteiger partial charge in [-0.05, 0) is 11.6 Å². The third kappa shape index (κ3) is 2.73. The second kappa shape index (κ2) is 4.46. The first-order valence-electron chi connectivity index (χ1n) is 4.20. The lowest BCUT2D eigenvalue weighted by atomic mass is 10.0. The molecule has 0 spiro atoms. The maximum absolute atomic E-state index is 13.1. The predicted octanol–water partition coefficient (Wildman–Crippen LogP) is 2.04. The fourth-order valence-electron chi connectivity index (χ4n) is 0.871. The van der Waals surface area contributed by atoms with Gasteiger partial charge in [0.1, 0.15) is 5.78 Å². The first-order chi connectivity index (χ1) is 6.50. The van der Waals surface area contributed by atoms with Crippen molar-refractivity contribution in [3.05, 3.63) is 23.0 Å². The van der Waals surface area contributed by atoms with Crippen molar-refractivity contribution in [3.63, 3.8) is 0 Å². The lowest BCUT2D eigenvalue weighted by Gasteiger charge is -2.04. The molecule has 0 saturated carbocycles. The maximum atomic E-state index is 13.1. The van der Waals surface area contributed by atoms with Crippen molar-refractivity contribution in [1.82, 2.24) is 9.97 Å². The van der Waals surface area contributed by atoms with E-state index in [0.717, 1.165) is 6.20 Å². The fraction of sp³-hybridized carbons (Fsp3) is 0.444. The molecule has 1 aromatic rings. The molecule has 0 aliphatic carbocycles. The number of hydrogen-bond donors (Lipinski definition) is 0. The van der Waals surface area contributed by atoms with E-state index in [1.165, 1.54) is 0 Å². The van der Waals surface area contributed by atoms with E-state index < -0.39 is 5.82 Å². The molecule has 0 N–H and O–H groups in total. The molecular formula is C9H10ClFN2O. The summed E-state index contributed by atoms with van der Waals surface area (Å²) >= 11 is 5.48. The van der Waals surface area contributed by atoms with Gasteiger partial charge < -0.3 is 0 Å². The Morgan fingerprint density at radius 3 is 2.86 bits per heavy atom. The van der Waals surface area contributed by atoms with Gasteiger partial charge in [-0.1, -0.05) is 13.8 Å². The second-order valence-corrected chi connectivity index (χ2v) is 3.57. The molecule has 0 bridgehead atoms. The molecular weight excluding hydrogens is 207 g/mol. The predicted molar refractivity (Wildman–Crippen MR) is 50.5 cm³/mol. The zero-order chi connectivity index (χ0) is 10.7. The number of carbonyl (C=O) groups is 1. The molecule has 0 saturated heterocycles. The minimum absolute atomic E-state index is 0.0360. The van der Waals surface area contributed by atoms with Crippen LogP contribution in [0.2, 0.25) is 5.28 Å². The van der Waals surface area contributed by atoms with Gasteiger partial charge in [0, 0.05) is 5.92 Å². The lowest BCUT2D eigenvalue weighted by molar-refractivity contribution is -0.121. The number of Topliss-reactive ketones (excluding diaryl/α,β-unsaturated/α-hetero) is 1. The highest BCUT2D eigenvalue weighted by Gasteiger charge is 2.13. The summed E-state index contributed by atoms with van der Waals surface area (Å²) in [6.07, 6.45) is 0.935. The molecule has 0 unspecified atom stereocenters. The zero-order valence-corrected chi connectivity index (χ0v) is 8.68. The maximum Gasteiger partial charge on any atom is 0.222 e. The Morgan fingerprint density at radius 2 is 2.29 bits per heavy atom. The Morgan fingerprint density at radius 1 is 1.64 bits per heavy atom. The summed E-state index contributed by atoms with van der Waals surface area (Å²) in [5, 5.41) is -0.0436. The van der Waals surface area contributed by atoms with Crippen molar-refractivity contribution in [2.45, 2.75) is 20.3 Å². The van der Waals surface area contributed by atoms with Crippen molar-refractivity contribution in [1.29, 1.82) is 0 Å². The van der Waals surface area contributed by atoms with Gasteiger partial charge in [-0.3, -0.25) is 4.79 Å². The van der Waals surface area contributed by atoms with Gasteiger partial charge in [0.25, 0.3) is 0 Å². The molecule has 0 radical (unpaired) electrons. The van der Waals surface area contributed by atoms with Crippen LogP contribution in [0.15, 0.2) is 6.20 Å². The van der Waals surface area contributed by atoms with E-state index in [-0.39, 0.29) is 29.1 Å². The Hall–Kier alpha value is -1.03. The molecule has 76 valence electrons. The van der Waals surface area contributed by atoms with E-state index in [2.05, 4.69) is 9.97 Å². The number of rotatable bonds is 3. The summed E-state index contributed by atoms with van der Waals surface area (Å²) in [5.74, 6) is -0.801. The normalized spacial score (nSPS) is 10.6. The van der Waals surface area contributed by atoms with Crippen LogP contribution in [0.25, 0.3) is 0 Å². The summed E-state index contributed by atoms with van der Waals surface area (Å²) in [6, 6.07) is 0. The second-order valence-electron chi connectivity index (χ2n) is 3.23. The average molecular weight is 217 g/mol. The van der Waals surface area contributed by atoms with Gasteiger partial charge >= 0.3 is 0 Å². The van der Waals surface area contributed by atoms with E-state index in [4.69, 9.17) is 11.6 Å². The van der Waals surface area contributed by atoms with Crippen LogP contribution in [0.5, 0.6) is 0 Å². The Kier molecular flexibility index (Phi) is 3.52. The van der Waals surface area contributed by atoms with Crippen LogP contribution in [0, 0.1) is 11.7 Å². The van der Waals surface area contributed by atoms with Gasteiger partial charge in [-0.25, -0.2) is 14.4 Å². The minimum Gasteiger partial charge on any atom is -0.299 e. The van der Waals surface area contributed by atoms with E-state index >= 15 is 0 Å².